The minimum Gasteiger partial charge on any atom is -0.349 e. The Bertz CT molecular complexity index is 697. The Morgan fingerprint density at radius 1 is 1.11 bits per heavy atom. The molecule has 2 fully saturated rings. The van der Waals surface area contributed by atoms with E-state index in [0.717, 1.165) is 43.5 Å². The zero-order chi connectivity index (χ0) is 19.4. The highest BCUT2D eigenvalue weighted by Crippen LogP contribution is 2.32. The fourth-order valence-electron chi connectivity index (χ4n) is 3.50. The predicted octanol–water partition coefficient (Wildman–Crippen LogP) is 2.86. The van der Waals surface area contributed by atoms with Crippen LogP contribution in [-0.2, 0) is 14.4 Å². The van der Waals surface area contributed by atoms with Crippen LogP contribution in [0.5, 0.6) is 0 Å². The van der Waals surface area contributed by atoms with Crippen LogP contribution < -0.4 is 10.6 Å². The van der Waals surface area contributed by atoms with Crippen LogP contribution in [-0.4, -0.2) is 35.7 Å². The van der Waals surface area contributed by atoms with Crippen molar-refractivity contribution in [1.82, 2.24) is 10.2 Å². The maximum atomic E-state index is 12.7. The molecule has 1 saturated carbocycles. The lowest BCUT2D eigenvalue weighted by atomic mass is 9.96. The molecule has 2 N–H and O–H groups in total. The van der Waals surface area contributed by atoms with Gasteiger partial charge in [-0.1, -0.05) is 19.1 Å². The molecule has 2 atom stereocenters. The smallest absolute Gasteiger partial charge is 0.225 e. The summed E-state index contributed by atoms with van der Waals surface area (Å²) >= 11 is 0. The van der Waals surface area contributed by atoms with Crippen LogP contribution in [0.25, 0.3) is 0 Å². The average Bonchev–Trinajstić information content (AvgIpc) is 3.53. The molecule has 146 valence electrons. The fourth-order valence-corrected chi connectivity index (χ4v) is 3.50. The van der Waals surface area contributed by atoms with Gasteiger partial charge < -0.3 is 15.5 Å². The van der Waals surface area contributed by atoms with Gasteiger partial charge in [0.25, 0.3) is 0 Å². The number of anilines is 1. The summed E-state index contributed by atoms with van der Waals surface area (Å²) in [6.45, 7) is 5.08. The van der Waals surface area contributed by atoms with Crippen LogP contribution >= 0.6 is 0 Å². The molecule has 2 aliphatic rings. The summed E-state index contributed by atoms with van der Waals surface area (Å²) in [7, 11) is 0. The lowest BCUT2D eigenvalue weighted by Crippen LogP contribution is -2.46. The molecule has 1 heterocycles. The number of carbonyl (C=O) groups is 3. The Labute approximate surface area is 160 Å². The second kappa shape index (κ2) is 8.55. The number of piperidine rings is 1. The van der Waals surface area contributed by atoms with E-state index in [-0.39, 0.29) is 35.6 Å². The van der Waals surface area contributed by atoms with Gasteiger partial charge in [-0.3, -0.25) is 14.4 Å². The van der Waals surface area contributed by atoms with E-state index >= 15 is 0 Å². The molecule has 3 rings (SSSR count). The average molecular weight is 371 g/mol. The van der Waals surface area contributed by atoms with Gasteiger partial charge in [0, 0.05) is 31.1 Å². The number of carbonyl (C=O) groups excluding carboxylic acids is 3. The van der Waals surface area contributed by atoms with Crippen molar-refractivity contribution in [3.63, 3.8) is 0 Å². The van der Waals surface area contributed by atoms with Crippen molar-refractivity contribution < 1.29 is 14.4 Å². The van der Waals surface area contributed by atoms with E-state index in [1.165, 1.54) is 0 Å². The molecule has 6 nitrogen and oxygen atoms in total. The normalized spacial score (nSPS) is 20.7. The van der Waals surface area contributed by atoms with Gasteiger partial charge in [0.2, 0.25) is 17.7 Å². The van der Waals surface area contributed by atoms with Crippen molar-refractivity contribution in [3.8, 4) is 0 Å². The quantitative estimate of drug-likeness (QED) is 0.807. The number of likely N-dealkylation sites (tertiary alicyclic amines) is 1. The second-order valence-corrected chi connectivity index (χ2v) is 7.65. The van der Waals surface area contributed by atoms with Gasteiger partial charge in [-0.2, -0.15) is 0 Å². The minimum absolute atomic E-state index is 0.0131. The summed E-state index contributed by atoms with van der Waals surface area (Å²) in [6.07, 6.45) is 4.15. The molecule has 0 radical (unpaired) electrons. The number of nitrogens with zero attached hydrogens (tertiary/aromatic N) is 1. The van der Waals surface area contributed by atoms with Gasteiger partial charge >= 0.3 is 0 Å². The monoisotopic (exact) mass is 371 g/mol. The number of hydrogen-bond donors (Lipinski definition) is 2. The van der Waals surface area contributed by atoms with Crippen molar-refractivity contribution in [2.24, 2.45) is 11.8 Å². The lowest BCUT2D eigenvalue weighted by molar-refractivity contribution is -0.137. The van der Waals surface area contributed by atoms with Crippen LogP contribution in [0.4, 0.5) is 5.69 Å². The van der Waals surface area contributed by atoms with Crippen LogP contribution in [0, 0.1) is 11.8 Å². The fraction of sp³-hybridized carbons (Fsp3) is 0.571. The Balaban J connectivity index is 1.53. The van der Waals surface area contributed by atoms with Gasteiger partial charge in [-0.15, -0.1) is 0 Å². The molecule has 0 aromatic heterocycles. The number of rotatable bonds is 6. The van der Waals surface area contributed by atoms with Crippen molar-refractivity contribution in [2.45, 2.75) is 52.0 Å². The first-order chi connectivity index (χ1) is 13.0. The third kappa shape index (κ3) is 5.08. The third-order valence-electron chi connectivity index (χ3n) is 5.40. The molecular formula is C21H29N3O3. The summed E-state index contributed by atoms with van der Waals surface area (Å²) in [4.78, 5) is 38.3. The summed E-state index contributed by atoms with van der Waals surface area (Å²) < 4.78 is 0. The summed E-state index contributed by atoms with van der Waals surface area (Å²) in [5, 5.41) is 5.89. The molecule has 3 amide bonds. The molecule has 1 aromatic carbocycles. The van der Waals surface area contributed by atoms with Gasteiger partial charge in [-0.05, 0) is 50.3 Å². The van der Waals surface area contributed by atoms with Crippen molar-refractivity contribution in [3.05, 3.63) is 29.8 Å². The number of nitrogens with one attached hydrogen (secondary N) is 2. The molecule has 27 heavy (non-hydrogen) atoms. The van der Waals surface area contributed by atoms with Crippen LogP contribution in [0.2, 0.25) is 0 Å². The van der Waals surface area contributed by atoms with Crippen LogP contribution in [0.3, 0.4) is 0 Å². The molecule has 0 spiro atoms. The minimum atomic E-state index is -0.132. The van der Waals surface area contributed by atoms with Gasteiger partial charge in [0.05, 0.1) is 12.0 Å². The zero-order valence-electron chi connectivity index (χ0n) is 16.2. The van der Waals surface area contributed by atoms with Gasteiger partial charge in [0.1, 0.15) is 0 Å². The predicted molar refractivity (Wildman–Crippen MR) is 104 cm³/mol. The summed E-state index contributed by atoms with van der Waals surface area (Å²) in [5.41, 5.74) is 1.74. The lowest BCUT2D eigenvalue weighted by Gasteiger charge is -2.32. The molecule has 1 saturated heterocycles. The van der Waals surface area contributed by atoms with Crippen molar-refractivity contribution in [2.75, 3.05) is 18.4 Å². The van der Waals surface area contributed by atoms with E-state index in [0.29, 0.717) is 13.0 Å². The zero-order valence-corrected chi connectivity index (χ0v) is 16.2. The first-order valence-electron chi connectivity index (χ1n) is 9.97. The number of amides is 3. The molecular weight excluding hydrogens is 342 g/mol. The summed E-state index contributed by atoms with van der Waals surface area (Å²) in [6, 6.07) is 7.41. The molecule has 2 unspecified atom stereocenters. The molecule has 0 bridgehead atoms. The first kappa shape index (κ1) is 19.4. The Morgan fingerprint density at radius 3 is 2.44 bits per heavy atom. The van der Waals surface area contributed by atoms with E-state index in [9.17, 15) is 14.4 Å². The van der Waals surface area contributed by atoms with Crippen LogP contribution in [0.15, 0.2) is 24.3 Å². The maximum Gasteiger partial charge on any atom is 0.225 e. The van der Waals surface area contributed by atoms with E-state index in [1.807, 2.05) is 43.0 Å². The van der Waals surface area contributed by atoms with Crippen molar-refractivity contribution in [1.29, 1.82) is 0 Å². The van der Waals surface area contributed by atoms with E-state index in [2.05, 4.69) is 10.6 Å². The Morgan fingerprint density at radius 2 is 1.81 bits per heavy atom. The Hall–Kier alpha value is -2.37. The SMILES string of the molecule is CCC(=O)Nc1ccc(C(C)NC(=O)C2CCCN(C(=O)C3CC3)C2)cc1. The number of hydrogen-bond acceptors (Lipinski definition) is 3. The Kier molecular flexibility index (Phi) is 6.14. The van der Waals surface area contributed by atoms with Crippen LogP contribution in [0.1, 0.15) is 57.6 Å². The van der Waals surface area contributed by atoms with Gasteiger partial charge in [0.15, 0.2) is 0 Å². The highest BCUT2D eigenvalue weighted by molar-refractivity contribution is 5.90. The summed E-state index contributed by atoms with van der Waals surface area (Å²) in [5.74, 6) is 0.292. The number of benzene rings is 1. The molecule has 1 aromatic rings. The maximum absolute atomic E-state index is 12.7. The van der Waals surface area contributed by atoms with E-state index in [1.54, 1.807) is 0 Å². The highest BCUT2D eigenvalue weighted by atomic mass is 16.2. The standard InChI is InChI=1S/C21H29N3O3/c1-3-19(25)23-18-10-8-15(9-11-18)14(2)22-20(26)17-5-4-12-24(13-17)21(27)16-6-7-16/h8-11,14,16-17H,3-7,12-13H2,1-2H3,(H,22,26)(H,23,25). The van der Waals surface area contributed by atoms with E-state index < -0.39 is 0 Å². The molecule has 1 aliphatic heterocycles. The van der Waals surface area contributed by atoms with E-state index in [4.69, 9.17) is 0 Å². The molecule has 6 heteroatoms. The van der Waals surface area contributed by atoms with Gasteiger partial charge in [-0.25, -0.2) is 0 Å². The highest BCUT2D eigenvalue weighted by Gasteiger charge is 2.36. The molecule has 1 aliphatic carbocycles. The second-order valence-electron chi connectivity index (χ2n) is 7.65. The topological polar surface area (TPSA) is 78.5 Å². The largest absolute Gasteiger partial charge is 0.349 e. The first-order valence-corrected chi connectivity index (χ1v) is 9.97. The van der Waals surface area contributed by atoms with Crippen molar-refractivity contribution >= 4 is 23.4 Å². The third-order valence-corrected chi connectivity index (χ3v) is 5.40.